The molecule has 1 unspecified atom stereocenters. The molecule has 2 amide bonds. The predicted molar refractivity (Wildman–Crippen MR) is 103 cm³/mol. The first-order valence-corrected chi connectivity index (χ1v) is 8.97. The fourth-order valence-corrected chi connectivity index (χ4v) is 3.37. The minimum atomic E-state index is -0.529. The fourth-order valence-electron chi connectivity index (χ4n) is 3.37. The molecule has 1 N–H and O–H groups in total. The van der Waals surface area contributed by atoms with Crippen LogP contribution in [0.2, 0.25) is 0 Å². The van der Waals surface area contributed by atoms with Crippen molar-refractivity contribution >= 4 is 17.5 Å². The molecular weight excluding hydrogens is 344 g/mol. The van der Waals surface area contributed by atoms with Crippen molar-refractivity contribution in [1.29, 1.82) is 0 Å². The third kappa shape index (κ3) is 3.74. The number of anilines is 1. The molecular formula is C21H24N2O4. The number of hydrogen-bond acceptors (Lipinski definition) is 4. The summed E-state index contributed by atoms with van der Waals surface area (Å²) < 4.78 is 10.6. The lowest BCUT2D eigenvalue weighted by Crippen LogP contribution is -2.47. The third-order valence-corrected chi connectivity index (χ3v) is 4.80. The van der Waals surface area contributed by atoms with E-state index in [1.165, 1.54) is 0 Å². The van der Waals surface area contributed by atoms with E-state index < -0.39 is 6.04 Å². The Kier molecular flexibility index (Phi) is 5.64. The number of ether oxygens (including phenoxy) is 2. The lowest BCUT2D eigenvalue weighted by Gasteiger charge is -2.24. The number of benzene rings is 2. The van der Waals surface area contributed by atoms with E-state index in [2.05, 4.69) is 5.32 Å². The van der Waals surface area contributed by atoms with Crippen LogP contribution in [0.25, 0.3) is 0 Å². The minimum Gasteiger partial charge on any atom is -0.497 e. The van der Waals surface area contributed by atoms with Crippen molar-refractivity contribution < 1.29 is 19.1 Å². The Morgan fingerprint density at radius 3 is 2.63 bits per heavy atom. The smallest absolute Gasteiger partial charge is 0.243 e. The van der Waals surface area contributed by atoms with E-state index in [4.69, 9.17) is 9.47 Å². The van der Waals surface area contributed by atoms with Crippen molar-refractivity contribution in [3.05, 3.63) is 53.6 Å². The van der Waals surface area contributed by atoms with Crippen molar-refractivity contribution in [1.82, 2.24) is 5.32 Å². The Labute approximate surface area is 159 Å². The molecule has 2 aromatic carbocycles. The van der Waals surface area contributed by atoms with E-state index in [1.807, 2.05) is 36.4 Å². The van der Waals surface area contributed by atoms with Gasteiger partial charge in [0, 0.05) is 36.7 Å². The van der Waals surface area contributed by atoms with Crippen LogP contribution in [0, 0.1) is 0 Å². The Bertz CT molecular complexity index is 850. The van der Waals surface area contributed by atoms with Gasteiger partial charge in [-0.3, -0.25) is 14.5 Å². The lowest BCUT2D eigenvalue weighted by molar-refractivity contribution is -0.126. The van der Waals surface area contributed by atoms with E-state index >= 15 is 0 Å². The zero-order valence-electron chi connectivity index (χ0n) is 15.8. The van der Waals surface area contributed by atoms with E-state index in [1.54, 1.807) is 32.1 Å². The van der Waals surface area contributed by atoms with E-state index in [0.29, 0.717) is 30.9 Å². The molecule has 0 radical (unpaired) electrons. The molecule has 6 heteroatoms. The lowest BCUT2D eigenvalue weighted by atomic mass is 10.1. The van der Waals surface area contributed by atoms with Crippen LogP contribution in [0.5, 0.6) is 11.5 Å². The molecule has 2 aromatic rings. The second-order valence-electron chi connectivity index (χ2n) is 6.36. The van der Waals surface area contributed by atoms with Crippen LogP contribution in [0.4, 0.5) is 5.69 Å². The highest BCUT2D eigenvalue weighted by Gasteiger charge is 2.37. The summed E-state index contributed by atoms with van der Waals surface area (Å²) in [6.07, 6.45) is 0.873. The van der Waals surface area contributed by atoms with Crippen LogP contribution in [-0.2, 0) is 22.6 Å². The zero-order valence-corrected chi connectivity index (χ0v) is 15.8. The van der Waals surface area contributed by atoms with Gasteiger partial charge in [-0.25, -0.2) is 0 Å². The standard InChI is InChI=1S/C21H24N2O4/c1-4-20(24)23-17-8-6-5-7-14(17)11-18(23)21(25)22-13-15-9-10-16(26-2)12-19(15)27-3/h5-10,12,18H,4,11,13H2,1-3H3,(H,22,25). The highest BCUT2D eigenvalue weighted by atomic mass is 16.5. The molecule has 0 fully saturated rings. The summed E-state index contributed by atoms with van der Waals surface area (Å²) in [5, 5.41) is 2.94. The van der Waals surface area contributed by atoms with Crippen molar-refractivity contribution in [3.8, 4) is 11.5 Å². The van der Waals surface area contributed by atoms with Gasteiger partial charge >= 0.3 is 0 Å². The van der Waals surface area contributed by atoms with Crippen LogP contribution in [0.1, 0.15) is 24.5 Å². The number of nitrogens with one attached hydrogen (secondary N) is 1. The quantitative estimate of drug-likeness (QED) is 0.851. The molecule has 142 valence electrons. The molecule has 0 aliphatic carbocycles. The number of para-hydroxylation sites is 1. The molecule has 3 rings (SSSR count). The summed E-state index contributed by atoms with van der Waals surface area (Å²) in [7, 11) is 3.17. The zero-order chi connectivity index (χ0) is 19.4. The first-order valence-electron chi connectivity index (χ1n) is 8.97. The van der Waals surface area contributed by atoms with Crippen LogP contribution >= 0.6 is 0 Å². The van der Waals surface area contributed by atoms with Gasteiger partial charge in [0.15, 0.2) is 0 Å². The number of fused-ring (bicyclic) bond motifs is 1. The van der Waals surface area contributed by atoms with Gasteiger partial charge in [0.1, 0.15) is 17.5 Å². The third-order valence-electron chi connectivity index (χ3n) is 4.80. The number of methoxy groups -OCH3 is 2. The van der Waals surface area contributed by atoms with E-state index in [0.717, 1.165) is 16.8 Å². The number of rotatable bonds is 6. The van der Waals surface area contributed by atoms with Gasteiger partial charge in [0.2, 0.25) is 11.8 Å². The van der Waals surface area contributed by atoms with Crippen LogP contribution in [-0.4, -0.2) is 32.1 Å². The molecule has 6 nitrogen and oxygen atoms in total. The topological polar surface area (TPSA) is 67.9 Å². The Balaban J connectivity index is 1.75. The Hall–Kier alpha value is -3.02. The normalized spacial score (nSPS) is 15.2. The average molecular weight is 368 g/mol. The molecule has 0 bridgehead atoms. The highest BCUT2D eigenvalue weighted by molar-refractivity contribution is 6.03. The summed E-state index contributed by atoms with van der Waals surface area (Å²) in [6, 6.07) is 12.6. The van der Waals surface area contributed by atoms with Crippen molar-refractivity contribution in [2.75, 3.05) is 19.1 Å². The summed E-state index contributed by atoms with van der Waals surface area (Å²) in [6.45, 7) is 2.12. The maximum Gasteiger partial charge on any atom is 0.243 e. The van der Waals surface area contributed by atoms with E-state index in [-0.39, 0.29) is 11.8 Å². The predicted octanol–water partition coefficient (Wildman–Crippen LogP) is 2.69. The molecule has 27 heavy (non-hydrogen) atoms. The second-order valence-corrected chi connectivity index (χ2v) is 6.36. The van der Waals surface area contributed by atoms with Crippen LogP contribution in [0.15, 0.2) is 42.5 Å². The largest absolute Gasteiger partial charge is 0.497 e. The molecule has 1 atom stereocenters. The SMILES string of the molecule is CCC(=O)N1c2ccccc2CC1C(=O)NCc1ccc(OC)cc1OC. The van der Waals surface area contributed by atoms with Gasteiger partial charge in [0.25, 0.3) is 0 Å². The first-order chi connectivity index (χ1) is 13.1. The van der Waals surface area contributed by atoms with Gasteiger partial charge in [-0.2, -0.15) is 0 Å². The Morgan fingerprint density at radius 2 is 1.93 bits per heavy atom. The van der Waals surface area contributed by atoms with Gasteiger partial charge in [-0.15, -0.1) is 0 Å². The Morgan fingerprint density at radius 1 is 1.15 bits per heavy atom. The van der Waals surface area contributed by atoms with Gasteiger partial charge in [0.05, 0.1) is 14.2 Å². The van der Waals surface area contributed by atoms with E-state index in [9.17, 15) is 9.59 Å². The summed E-state index contributed by atoms with van der Waals surface area (Å²) in [5.74, 6) is 1.10. The van der Waals surface area contributed by atoms with Crippen LogP contribution in [0.3, 0.4) is 0 Å². The maximum absolute atomic E-state index is 12.9. The average Bonchev–Trinajstić information content (AvgIpc) is 3.10. The molecule has 0 aromatic heterocycles. The summed E-state index contributed by atoms with van der Waals surface area (Å²) >= 11 is 0. The molecule has 1 aliphatic rings. The number of amides is 2. The summed E-state index contributed by atoms with van der Waals surface area (Å²) in [5.41, 5.74) is 2.68. The number of nitrogens with zero attached hydrogens (tertiary/aromatic N) is 1. The van der Waals surface area contributed by atoms with Crippen molar-refractivity contribution in [2.45, 2.75) is 32.4 Å². The van der Waals surface area contributed by atoms with Crippen molar-refractivity contribution in [3.63, 3.8) is 0 Å². The molecule has 1 aliphatic heterocycles. The van der Waals surface area contributed by atoms with Gasteiger partial charge in [-0.1, -0.05) is 25.1 Å². The fraction of sp³-hybridized carbons (Fsp3) is 0.333. The number of carbonyl (C=O) groups excluding carboxylic acids is 2. The monoisotopic (exact) mass is 368 g/mol. The first kappa shape index (κ1) is 18.8. The number of hydrogen-bond donors (Lipinski definition) is 1. The van der Waals surface area contributed by atoms with Crippen LogP contribution < -0.4 is 19.7 Å². The second kappa shape index (κ2) is 8.12. The summed E-state index contributed by atoms with van der Waals surface area (Å²) in [4.78, 5) is 26.9. The number of carbonyl (C=O) groups is 2. The molecule has 1 heterocycles. The molecule has 0 saturated heterocycles. The van der Waals surface area contributed by atoms with Crippen molar-refractivity contribution in [2.24, 2.45) is 0 Å². The minimum absolute atomic E-state index is 0.0536. The van der Waals surface area contributed by atoms with Gasteiger partial charge < -0.3 is 14.8 Å². The molecule has 0 spiro atoms. The maximum atomic E-state index is 12.9. The molecule has 0 saturated carbocycles. The van der Waals surface area contributed by atoms with Gasteiger partial charge in [-0.05, 0) is 23.8 Å². The highest BCUT2D eigenvalue weighted by Crippen LogP contribution is 2.33.